The number of hydrazone groups is 1. The van der Waals surface area contributed by atoms with E-state index in [2.05, 4.69) is 10.1 Å². The predicted molar refractivity (Wildman–Crippen MR) is 129 cm³/mol. The number of aliphatic imine (C=N–C) groups is 1. The fourth-order valence-corrected chi connectivity index (χ4v) is 4.80. The second-order valence-electron chi connectivity index (χ2n) is 6.97. The second-order valence-corrected chi connectivity index (χ2v) is 10.5. The normalized spacial score (nSPS) is 16.8. The Kier molecular flexibility index (Phi) is 6.30. The Morgan fingerprint density at radius 2 is 2.00 bits per heavy atom. The standard InChI is InChI=1S/C21H15ClN4O6S2/c1-31-13-5-3-4-12(10-13)19(28)32-16-7-6-11(9-15(16)22)8-14-17(23)26-20(24-18(14)27)33-21(25-26)34(2,29)30/h3-10,23H,1-2H3/b14-8+,23-17?. The van der Waals surface area contributed by atoms with E-state index in [0.717, 1.165) is 11.3 Å². The fourth-order valence-electron chi connectivity index (χ4n) is 2.89. The zero-order chi connectivity index (χ0) is 24.6. The number of thioether (sulfide) groups is 1. The first-order valence-electron chi connectivity index (χ1n) is 9.43. The number of sulfone groups is 1. The Labute approximate surface area is 203 Å². The fraction of sp³-hybridized carbons (Fsp3) is 0.0952. The van der Waals surface area contributed by atoms with Gasteiger partial charge < -0.3 is 9.47 Å². The van der Waals surface area contributed by atoms with Gasteiger partial charge in [0.15, 0.2) is 5.84 Å². The van der Waals surface area contributed by atoms with Crippen molar-refractivity contribution in [2.75, 3.05) is 13.4 Å². The van der Waals surface area contributed by atoms with Crippen molar-refractivity contribution < 1.29 is 27.5 Å². The molecule has 0 fully saturated rings. The first kappa shape index (κ1) is 23.7. The van der Waals surface area contributed by atoms with Crippen LogP contribution in [-0.4, -0.2) is 54.0 Å². The number of nitrogens with zero attached hydrogens (tertiary/aromatic N) is 3. The molecule has 2 aromatic carbocycles. The van der Waals surface area contributed by atoms with Crippen LogP contribution in [0.1, 0.15) is 15.9 Å². The second kappa shape index (κ2) is 9.05. The van der Waals surface area contributed by atoms with E-state index >= 15 is 0 Å². The van der Waals surface area contributed by atoms with Crippen molar-refractivity contribution >= 4 is 66.5 Å². The molecule has 0 atom stereocenters. The van der Waals surface area contributed by atoms with Crippen molar-refractivity contribution in [2.24, 2.45) is 10.1 Å². The van der Waals surface area contributed by atoms with Crippen LogP contribution >= 0.6 is 23.4 Å². The first-order chi connectivity index (χ1) is 16.1. The van der Waals surface area contributed by atoms with Crippen LogP contribution in [-0.2, 0) is 14.6 Å². The number of benzene rings is 2. The molecule has 174 valence electrons. The zero-order valence-corrected chi connectivity index (χ0v) is 20.0. The number of fused-ring (bicyclic) bond motifs is 1. The minimum absolute atomic E-state index is 0.00888. The van der Waals surface area contributed by atoms with E-state index in [1.807, 2.05) is 0 Å². The molecular formula is C21H15ClN4O6S2. The maximum absolute atomic E-state index is 12.5. The SMILES string of the molecule is COc1cccc(C(=O)Oc2ccc(/C=C3\C(=N)N4N=C(S(C)(=O)=O)SC4=NC3=O)cc2Cl)c1. The molecule has 0 bridgehead atoms. The van der Waals surface area contributed by atoms with Gasteiger partial charge in [0, 0.05) is 6.26 Å². The molecular weight excluding hydrogens is 504 g/mol. The van der Waals surface area contributed by atoms with Crippen molar-refractivity contribution in [2.45, 2.75) is 0 Å². The van der Waals surface area contributed by atoms with Gasteiger partial charge in [0.1, 0.15) is 11.5 Å². The highest BCUT2D eigenvalue weighted by atomic mass is 35.5. The summed E-state index contributed by atoms with van der Waals surface area (Å²) in [6, 6.07) is 10.9. The average Bonchev–Trinajstić information content (AvgIpc) is 3.23. The summed E-state index contributed by atoms with van der Waals surface area (Å²) in [5, 5.41) is 13.2. The van der Waals surface area contributed by atoms with Crippen molar-refractivity contribution in [1.29, 1.82) is 5.41 Å². The van der Waals surface area contributed by atoms with Crippen LogP contribution in [0, 0.1) is 5.41 Å². The van der Waals surface area contributed by atoms with E-state index in [-0.39, 0.29) is 37.3 Å². The van der Waals surface area contributed by atoms with E-state index in [0.29, 0.717) is 23.1 Å². The van der Waals surface area contributed by atoms with E-state index in [4.69, 9.17) is 26.5 Å². The number of rotatable bonds is 4. The van der Waals surface area contributed by atoms with Gasteiger partial charge in [-0.05, 0) is 53.7 Å². The molecule has 2 heterocycles. The van der Waals surface area contributed by atoms with Gasteiger partial charge in [-0.15, -0.1) is 5.10 Å². The summed E-state index contributed by atoms with van der Waals surface area (Å²) in [5.74, 6) is -1.09. The Morgan fingerprint density at radius 3 is 2.68 bits per heavy atom. The van der Waals surface area contributed by atoms with Crippen molar-refractivity contribution in [3.63, 3.8) is 0 Å². The van der Waals surface area contributed by atoms with Gasteiger partial charge in [-0.2, -0.15) is 10.0 Å². The number of hydrogen-bond donors (Lipinski definition) is 1. The summed E-state index contributed by atoms with van der Waals surface area (Å²) in [5.41, 5.74) is 0.589. The quantitative estimate of drug-likeness (QED) is 0.370. The maximum Gasteiger partial charge on any atom is 0.343 e. The minimum Gasteiger partial charge on any atom is -0.497 e. The third kappa shape index (κ3) is 4.74. The summed E-state index contributed by atoms with van der Waals surface area (Å²) in [6.07, 6.45) is 2.34. The number of carbonyl (C=O) groups is 2. The molecule has 2 aliphatic rings. The number of hydrogen-bond acceptors (Lipinski definition) is 9. The smallest absolute Gasteiger partial charge is 0.343 e. The maximum atomic E-state index is 12.5. The van der Waals surface area contributed by atoms with Gasteiger partial charge in [0.2, 0.25) is 19.4 Å². The highest BCUT2D eigenvalue weighted by Gasteiger charge is 2.38. The lowest BCUT2D eigenvalue weighted by molar-refractivity contribution is -0.114. The van der Waals surface area contributed by atoms with Crippen LogP contribution < -0.4 is 9.47 Å². The van der Waals surface area contributed by atoms with E-state index in [1.165, 1.54) is 37.5 Å². The van der Waals surface area contributed by atoms with Gasteiger partial charge >= 0.3 is 5.97 Å². The number of amidine groups is 2. The molecule has 0 aromatic heterocycles. The third-order valence-corrected chi connectivity index (χ3v) is 7.40. The topological polar surface area (TPSA) is 139 Å². The van der Waals surface area contributed by atoms with Crippen molar-refractivity contribution in [3.8, 4) is 11.5 Å². The number of carbonyl (C=O) groups excluding carboxylic acids is 2. The summed E-state index contributed by atoms with van der Waals surface area (Å²) in [7, 11) is -2.14. The molecule has 1 N–H and O–H groups in total. The molecule has 0 aliphatic carbocycles. The van der Waals surface area contributed by atoms with Crippen molar-refractivity contribution in [3.05, 3.63) is 64.2 Å². The molecule has 0 radical (unpaired) electrons. The number of methoxy groups -OCH3 is 1. The summed E-state index contributed by atoms with van der Waals surface area (Å²) >= 11 is 6.97. The third-order valence-electron chi connectivity index (χ3n) is 4.53. The Balaban J connectivity index is 1.57. The Bertz CT molecular complexity index is 1450. The summed E-state index contributed by atoms with van der Waals surface area (Å²) in [4.78, 5) is 28.7. The molecule has 1 amide bonds. The molecule has 2 aliphatic heterocycles. The molecule has 0 unspecified atom stereocenters. The van der Waals surface area contributed by atoms with Crippen LogP contribution in [0.4, 0.5) is 0 Å². The van der Waals surface area contributed by atoms with Gasteiger partial charge in [0.25, 0.3) is 5.91 Å². The Morgan fingerprint density at radius 1 is 1.24 bits per heavy atom. The van der Waals surface area contributed by atoms with Gasteiger partial charge in [0.05, 0.1) is 23.3 Å². The molecule has 10 nitrogen and oxygen atoms in total. The molecule has 2 aromatic rings. The van der Waals surface area contributed by atoms with Crippen LogP contribution in [0.15, 0.2) is 58.1 Å². The van der Waals surface area contributed by atoms with Crippen LogP contribution in [0.25, 0.3) is 6.08 Å². The lowest BCUT2D eigenvalue weighted by Gasteiger charge is -2.20. The monoisotopic (exact) mass is 518 g/mol. The summed E-state index contributed by atoms with van der Waals surface area (Å²) in [6.45, 7) is 0. The number of esters is 1. The minimum atomic E-state index is -3.63. The highest BCUT2D eigenvalue weighted by Crippen LogP contribution is 2.31. The predicted octanol–water partition coefficient (Wildman–Crippen LogP) is 3.19. The van der Waals surface area contributed by atoms with Gasteiger partial charge in [-0.1, -0.05) is 23.7 Å². The van der Waals surface area contributed by atoms with E-state index in [9.17, 15) is 18.0 Å². The Hall–Kier alpha value is -3.48. The molecule has 13 heteroatoms. The number of ether oxygens (including phenoxy) is 2. The number of amides is 1. The van der Waals surface area contributed by atoms with Gasteiger partial charge in [-0.3, -0.25) is 10.2 Å². The number of halogens is 1. The van der Waals surface area contributed by atoms with Crippen LogP contribution in [0.3, 0.4) is 0 Å². The van der Waals surface area contributed by atoms with Crippen molar-refractivity contribution in [1.82, 2.24) is 5.01 Å². The first-order valence-corrected chi connectivity index (χ1v) is 12.5. The highest BCUT2D eigenvalue weighted by molar-refractivity contribution is 8.42. The zero-order valence-electron chi connectivity index (χ0n) is 17.6. The van der Waals surface area contributed by atoms with Crippen LogP contribution in [0.2, 0.25) is 5.02 Å². The number of nitrogens with one attached hydrogen (secondary N) is 1. The lowest BCUT2D eigenvalue weighted by atomic mass is 10.1. The van der Waals surface area contributed by atoms with Gasteiger partial charge in [-0.25, -0.2) is 13.2 Å². The van der Waals surface area contributed by atoms with Crippen LogP contribution in [0.5, 0.6) is 11.5 Å². The van der Waals surface area contributed by atoms with E-state index in [1.54, 1.807) is 18.2 Å². The molecule has 0 saturated carbocycles. The summed E-state index contributed by atoms with van der Waals surface area (Å²) < 4.78 is 33.7. The lowest BCUT2D eigenvalue weighted by Crippen LogP contribution is -2.35. The molecule has 4 rings (SSSR count). The van der Waals surface area contributed by atoms with E-state index < -0.39 is 21.7 Å². The molecule has 0 saturated heterocycles. The molecule has 34 heavy (non-hydrogen) atoms. The molecule has 0 spiro atoms. The average molecular weight is 519 g/mol. The largest absolute Gasteiger partial charge is 0.497 e.